The minimum atomic E-state index is 0.0488. The van der Waals surface area contributed by atoms with Gasteiger partial charge in [-0.1, -0.05) is 36.4 Å². The Hall–Kier alpha value is -4.29. The maximum atomic E-state index is 14.2. The molecule has 5 aromatic rings. The molecule has 2 saturated heterocycles. The summed E-state index contributed by atoms with van der Waals surface area (Å²) in [4.78, 5) is 30.8. The largest absolute Gasteiger partial charge is 0.368 e. The predicted molar refractivity (Wildman–Crippen MR) is 166 cm³/mol. The number of fused-ring (bicyclic) bond motifs is 4. The highest BCUT2D eigenvalue weighted by Gasteiger charge is 2.32. The zero-order valence-corrected chi connectivity index (χ0v) is 23.4. The first-order valence-corrected chi connectivity index (χ1v) is 14.8. The summed E-state index contributed by atoms with van der Waals surface area (Å²) in [5, 5.41) is 3.15. The van der Waals surface area contributed by atoms with E-state index >= 15 is 0 Å². The summed E-state index contributed by atoms with van der Waals surface area (Å²) in [5.41, 5.74) is 8.29. The summed E-state index contributed by atoms with van der Waals surface area (Å²) in [7, 11) is 0. The Kier molecular flexibility index (Phi) is 5.78. The highest BCUT2D eigenvalue weighted by Crippen LogP contribution is 2.38. The first-order valence-electron chi connectivity index (χ1n) is 14.8. The first-order chi connectivity index (χ1) is 20.1. The summed E-state index contributed by atoms with van der Waals surface area (Å²) in [6, 6.07) is 23.6. The lowest BCUT2D eigenvalue weighted by molar-refractivity contribution is 0.0991. The summed E-state index contributed by atoms with van der Waals surface area (Å²) in [6.07, 6.45) is 7.26. The van der Waals surface area contributed by atoms with E-state index in [4.69, 9.17) is 4.98 Å². The Morgan fingerprint density at radius 2 is 1.76 bits per heavy atom. The fraction of sp³-hybridized carbons (Fsp3) is 0.286. The van der Waals surface area contributed by atoms with E-state index < -0.39 is 0 Å². The van der Waals surface area contributed by atoms with Crippen molar-refractivity contribution in [3.63, 3.8) is 0 Å². The Balaban J connectivity index is 1.18. The van der Waals surface area contributed by atoms with E-state index in [1.165, 1.54) is 30.6 Å². The standard InChI is InChI=1S/C35H33N5O/c1-23-10-11-31(37-21-23)28-8-2-7-27-26(28)6-3-9-29(27)35(41)40-16-13-24-19-32-30(20-34(24)40)33(12-14-36-32)39-18-17-38-15-4-5-25(38)22-39/h2-3,6-12,14,19-21,25H,4-5,13,15-18,22H2,1H3. The van der Waals surface area contributed by atoms with Gasteiger partial charge in [0.1, 0.15) is 0 Å². The molecule has 0 bridgehead atoms. The van der Waals surface area contributed by atoms with E-state index in [0.29, 0.717) is 12.6 Å². The van der Waals surface area contributed by atoms with Gasteiger partial charge >= 0.3 is 0 Å². The predicted octanol–water partition coefficient (Wildman–Crippen LogP) is 6.25. The quantitative estimate of drug-likeness (QED) is 0.271. The molecule has 8 rings (SSSR count). The van der Waals surface area contributed by atoms with Gasteiger partial charge in [0.15, 0.2) is 0 Å². The molecule has 0 N–H and O–H groups in total. The Bertz CT molecular complexity index is 1810. The van der Waals surface area contributed by atoms with Crippen LogP contribution in [0, 0.1) is 6.92 Å². The van der Waals surface area contributed by atoms with Crippen LogP contribution in [0.3, 0.4) is 0 Å². The zero-order valence-electron chi connectivity index (χ0n) is 23.4. The van der Waals surface area contributed by atoms with Crippen LogP contribution < -0.4 is 9.80 Å². The Morgan fingerprint density at radius 1 is 0.854 bits per heavy atom. The van der Waals surface area contributed by atoms with Crippen molar-refractivity contribution < 1.29 is 4.79 Å². The Morgan fingerprint density at radius 3 is 2.66 bits per heavy atom. The molecule has 41 heavy (non-hydrogen) atoms. The van der Waals surface area contributed by atoms with Crippen molar-refractivity contribution in [2.45, 2.75) is 32.2 Å². The number of amides is 1. The maximum absolute atomic E-state index is 14.2. The monoisotopic (exact) mass is 539 g/mol. The number of pyridine rings is 2. The van der Waals surface area contributed by atoms with Crippen molar-refractivity contribution in [3.05, 3.63) is 95.8 Å². The number of carbonyl (C=O) groups is 1. The maximum Gasteiger partial charge on any atom is 0.258 e. The molecule has 2 aromatic heterocycles. The van der Waals surface area contributed by atoms with Crippen LogP contribution in [0.2, 0.25) is 0 Å². The summed E-state index contributed by atoms with van der Waals surface area (Å²) < 4.78 is 0. The second-order valence-electron chi connectivity index (χ2n) is 11.7. The van der Waals surface area contributed by atoms with Gasteiger partial charge in [0.2, 0.25) is 0 Å². The number of aryl methyl sites for hydroxylation is 1. The topological polar surface area (TPSA) is 52.6 Å². The number of aromatic nitrogens is 2. The fourth-order valence-electron chi connectivity index (χ4n) is 7.20. The third-order valence-electron chi connectivity index (χ3n) is 9.33. The second kappa shape index (κ2) is 9.67. The third kappa shape index (κ3) is 4.08. The van der Waals surface area contributed by atoms with Crippen LogP contribution in [0.25, 0.3) is 32.9 Å². The van der Waals surface area contributed by atoms with Crippen LogP contribution in [0.15, 0.2) is 79.1 Å². The second-order valence-corrected chi connectivity index (χ2v) is 11.7. The van der Waals surface area contributed by atoms with E-state index in [0.717, 1.165) is 75.8 Å². The van der Waals surface area contributed by atoms with Gasteiger partial charge in [-0.15, -0.1) is 0 Å². The number of nitrogens with zero attached hydrogens (tertiary/aromatic N) is 5. The lowest BCUT2D eigenvalue weighted by Gasteiger charge is -2.39. The van der Waals surface area contributed by atoms with Crippen molar-refractivity contribution in [1.82, 2.24) is 14.9 Å². The van der Waals surface area contributed by atoms with E-state index in [-0.39, 0.29) is 5.91 Å². The van der Waals surface area contributed by atoms with Gasteiger partial charge in [-0.25, -0.2) is 0 Å². The molecule has 1 unspecified atom stereocenters. The molecule has 1 amide bonds. The highest BCUT2D eigenvalue weighted by molar-refractivity contribution is 6.17. The lowest BCUT2D eigenvalue weighted by atomic mass is 9.97. The normalized spacial score (nSPS) is 18.7. The number of carbonyl (C=O) groups excluding carboxylic acids is 1. The average molecular weight is 540 g/mol. The van der Waals surface area contributed by atoms with Crippen LogP contribution in [0.4, 0.5) is 11.4 Å². The van der Waals surface area contributed by atoms with Gasteiger partial charge in [-0.05, 0) is 85.0 Å². The third-order valence-corrected chi connectivity index (χ3v) is 9.33. The molecule has 2 fully saturated rings. The molecule has 1 atom stereocenters. The fourth-order valence-corrected chi connectivity index (χ4v) is 7.20. The number of hydrogen-bond acceptors (Lipinski definition) is 5. The summed E-state index contributed by atoms with van der Waals surface area (Å²) in [5.74, 6) is 0.0488. The van der Waals surface area contributed by atoms with Crippen LogP contribution >= 0.6 is 0 Å². The lowest BCUT2D eigenvalue weighted by Crippen LogP contribution is -2.50. The molecule has 6 nitrogen and oxygen atoms in total. The number of hydrogen-bond donors (Lipinski definition) is 0. The molecule has 3 aliphatic rings. The van der Waals surface area contributed by atoms with Gasteiger partial charge in [0, 0.05) is 72.5 Å². The number of anilines is 2. The number of piperazine rings is 1. The van der Waals surface area contributed by atoms with E-state index in [2.05, 4.69) is 63.3 Å². The molecule has 0 saturated carbocycles. The van der Waals surface area contributed by atoms with E-state index in [9.17, 15) is 4.79 Å². The summed E-state index contributed by atoms with van der Waals surface area (Å²) >= 11 is 0. The van der Waals surface area contributed by atoms with Crippen LogP contribution in [-0.4, -0.2) is 59.5 Å². The molecule has 3 aliphatic heterocycles. The number of rotatable bonds is 3. The SMILES string of the molecule is Cc1ccc(-c2cccc3c(C(=O)N4CCc5cc6nccc(N7CCN8CCCC8C7)c6cc54)cccc23)nc1. The zero-order chi connectivity index (χ0) is 27.5. The highest BCUT2D eigenvalue weighted by atomic mass is 16.2. The van der Waals surface area contributed by atoms with Gasteiger partial charge in [0.25, 0.3) is 5.91 Å². The molecule has 204 valence electrons. The van der Waals surface area contributed by atoms with E-state index in [1.807, 2.05) is 42.4 Å². The first kappa shape index (κ1) is 24.5. The van der Waals surface area contributed by atoms with Gasteiger partial charge < -0.3 is 9.80 Å². The minimum Gasteiger partial charge on any atom is -0.368 e. The van der Waals surface area contributed by atoms with Crippen molar-refractivity contribution >= 4 is 39.0 Å². The average Bonchev–Trinajstić information content (AvgIpc) is 3.65. The van der Waals surface area contributed by atoms with Crippen LogP contribution in [0.1, 0.15) is 34.3 Å². The number of benzene rings is 3. The van der Waals surface area contributed by atoms with Crippen LogP contribution in [-0.2, 0) is 6.42 Å². The molecule has 0 spiro atoms. The van der Waals surface area contributed by atoms with Crippen molar-refractivity contribution in [2.75, 3.05) is 42.5 Å². The van der Waals surface area contributed by atoms with Crippen molar-refractivity contribution in [3.8, 4) is 11.3 Å². The molecule has 0 aliphatic carbocycles. The van der Waals surface area contributed by atoms with Gasteiger partial charge in [-0.2, -0.15) is 0 Å². The molecular formula is C35H33N5O. The van der Waals surface area contributed by atoms with E-state index in [1.54, 1.807) is 0 Å². The molecule has 6 heteroatoms. The Labute approximate surface area is 240 Å². The van der Waals surface area contributed by atoms with Crippen molar-refractivity contribution in [2.24, 2.45) is 0 Å². The van der Waals surface area contributed by atoms with Gasteiger partial charge in [0.05, 0.1) is 11.2 Å². The van der Waals surface area contributed by atoms with Gasteiger partial charge in [-0.3, -0.25) is 19.7 Å². The summed E-state index contributed by atoms with van der Waals surface area (Å²) in [6.45, 7) is 7.16. The molecule has 3 aromatic carbocycles. The smallest absolute Gasteiger partial charge is 0.258 e. The van der Waals surface area contributed by atoms with Crippen molar-refractivity contribution in [1.29, 1.82) is 0 Å². The van der Waals surface area contributed by atoms with Crippen LogP contribution in [0.5, 0.6) is 0 Å². The molecular weight excluding hydrogens is 506 g/mol. The molecule has 5 heterocycles. The molecule has 0 radical (unpaired) electrons. The minimum absolute atomic E-state index is 0.0488.